The Labute approximate surface area is 106 Å². The van der Waals surface area contributed by atoms with Crippen molar-refractivity contribution in [1.29, 1.82) is 0 Å². The van der Waals surface area contributed by atoms with Gasteiger partial charge in [-0.25, -0.2) is 0 Å². The molecule has 0 aliphatic carbocycles. The summed E-state index contributed by atoms with van der Waals surface area (Å²) >= 11 is 0. The van der Waals surface area contributed by atoms with Crippen LogP contribution >= 0.6 is 0 Å². The number of aryl methyl sites for hydroxylation is 1. The third-order valence-corrected chi connectivity index (χ3v) is 2.80. The van der Waals surface area contributed by atoms with E-state index in [9.17, 15) is 5.11 Å². The van der Waals surface area contributed by atoms with Crippen LogP contribution in [0.4, 0.5) is 0 Å². The number of hydrogen-bond donors (Lipinski definition) is 1. The Bertz CT molecular complexity index is 503. The van der Waals surface area contributed by atoms with Crippen molar-refractivity contribution in [2.75, 3.05) is 26.9 Å². The molecule has 4 nitrogen and oxygen atoms in total. The first kappa shape index (κ1) is 13.1. The molecule has 98 valence electrons. The van der Waals surface area contributed by atoms with Crippen molar-refractivity contribution in [2.45, 2.75) is 13.0 Å². The lowest BCUT2D eigenvalue weighted by Gasteiger charge is -2.08. The van der Waals surface area contributed by atoms with Crippen molar-refractivity contribution in [2.24, 2.45) is 0 Å². The van der Waals surface area contributed by atoms with E-state index in [1.807, 2.05) is 31.2 Å². The van der Waals surface area contributed by atoms with Crippen LogP contribution in [0, 0.1) is 6.92 Å². The molecule has 1 unspecified atom stereocenters. The normalized spacial score (nSPS) is 13.1. The van der Waals surface area contributed by atoms with Gasteiger partial charge in [-0.05, 0) is 18.6 Å². The minimum absolute atomic E-state index is 0.211. The number of hydrogen-bond acceptors (Lipinski definition) is 4. The molecule has 1 atom stereocenters. The van der Waals surface area contributed by atoms with E-state index in [-0.39, 0.29) is 6.61 Å². The molecule has 18 heavy (non-hydrogen) atoms. The number of aliphatic hydroxyl groups is 1. The predicted molar refractivity (Wildman–Crippen MR) is 68.6 cm³/mol. The van der Waals surface area contributed by atoms with Gasteiger partial charge in [0.1, 0.15) is 17.4 Å². The van der Waals surface area contributed by atoms with E-state index in [1.54, 1.807) is 7.11 Å². The van der Waals surface area contributed by atoms with Crippen LogP contribution in [-0.2, 0) is 9.47 Å². The van der Waals surface area contributed by atoms with Crippen LogP contribution in [0.2, 0.25) is 0 Å². The number of methoxy groups -OCH3 is 1. The molecular formula is C14H18O4. The summed E-state index contributed by atoms with van der Waals surface area (Å²) in [7, 11) is 1.61. The Morgan fingerprint density at radius 3 is 2.89 bits per heavy atom. The number of para-hydroxylation sites is 1. The van der Waals surface area contributed by atoms with Gasteiger partial charge in [0.15, 0.2) is 0 Å². The van der Waals surface area contributed by atoms with Gasteiger partial charge in [0.25, 0.3) is 0 Å². The number of fused-ring (bicyclic) bond motifs is 1. The van der Waals surface area contributed by atoms with Crippen molar-refractivity contribution in [3.63, 3.8) is 0 Å². The lowest BCUT2D eigenvalue weighted by Crippen LogP contribution is -2.09. The molecule has 1 N–H and O–H groups in total. The fourth-order valence-corrected chi connectivity index (χ4v) is 1.81. The molecule has 1 aromatic heterocycles. The molecular weight excluding hydrogens is 232 g/mol. The second-order valence-corrected chi connectivity index (χ2v) is 4.23. The minimum Gasteiger partial charge on any atom is -0.458 e. The molecule has 0 spiro atoms. The van der Waals surface area contributed by atoms with Gasteiger partial charge in [-0.1, -0.05) is 18.2 Å². The summed E-state index contributed by atoms with van der Waals surface area (Å²) in [6.07, 6.45) is -0.742. The lowest BCUT2D eigenvalue weighted by atomic mass is 10.2. The number of furan rings is 1. The highest BCUT2D eigenvalue weighted by Crippen LogP contribution is 2.26. The van der Waals surface area contributed by atoms with Crippen molar-refractivity contribution >= 4 is 11.0 Å². The van der Waals surface area contributed by atoms with Gasteiger partial charge in [-0.15, -0.1) is 0 Å². The van der Waals surface area contributed by atoms with Crippen molar-refractivity contribution < 1.29 is 19.0 Å². The lowest BCUT2D eigenvalue weighted by molar-refractivity contribution is 0.00523. The van der Waals surface area contributed by atoms with Gasteiger partial charge in [0.2, 0.25) is 0 Å². The van der Waals surface area contributed by atoms with Gasteiger partial charge in [0, 0.05) is 12.5 Å². The van der Waals surface area contributed by atoms with Crippen molar-refractivity contribution in [1.82, 2.24) is 0 Å². The Balaban J connectivity index is 2.04. The minimum atomic E-state index is -0.742. The first-order valence-corrected chi connectivity index (χ1v) is 5.96. The number of ether oxygens (including phenoxy) is 2. The SMILES string of the molecule is COCCOCC(O)c1cc2cccc(C)c2o1. The van der Waals surface area contributed by atoms with Crippen molar-refractivity contribution in [3.8, 4) is 0 Å². The summed E-state index contributed by atoms with van der Waals surface area (Å²) in [6, 6.07) is 7.77. The topological polar surface area (TPSA) is 51.8 Å². The smallest absolute Gasteiger partial charge is 0.137 e. The van der Waals surface area contributed by atoms with Crippen LogP contribution in [0.25, 0.3) is 11.0 Å². The van der Waals surface area contributed by atoms with Crippen LogP contribution in [0.15, 0.2) is 28.7 Å². The summed E-state index contributed by atoms with van der Waals surface area (Å²) in [5.41, 5.74) is 1.88. The highest BCUT2D eigenvalue weighted by molar-refractivity contribution is 5.80. The number of aliphatic hydroxyl groups excluding tert-OH is 1. The Morgan fingerprint density at radius 2 is 2.17 bits per heavy atom. The largest absolute Gasteiger partial charge is 0.458 e. The third-order valence-electron chi connectivity index (χ3n) is 2.80. The average Bonchev–Trinajstić information content (AvgIpc) is 2.80. The van der Waals surface area contributed by atoms with E-state index in [0.717, 1.165) is 16.5 Å². The molecule has 0 amide bonds. The molecule has 0 fully saturated rings. The fourth-order valence-electron chi connectivity index (χ4n) is 1.81. The Kier molecular flexibility index (Phi) is 4.36. The molecule has 0 bridgehead atoms. The average molecular weight is 250 g/mol. The molecule has 0 radical (unpaired) electrons. The molecule has 1 heterocycles. The van der Waals surface area contributed by atoms with Crippen LogP contribution < -0.4 is 0 Å². The molecule has 0 saturated heterocycles. The predicted octanol–water partition coefficient (Wildman–Crippen LogP) is 2.44. The zero-order valence-electron chi connectivity index (χ0n) is 10.7. The van der Waals surface area contributed by atoms with E-state index in [2.05, 4.69) is 0 Å². The Hall–Kier alpha value is -1.36. The number of benzene rings is 1. The van der Waals surface area contributed by atoms with Crippen LogP contribution in [-0.4, -0.2) is 32.0 Å². The maximum absolute atomic E-state index is 9.95. The van der Waals surface area contributed by atoms with E-state index >= 15 is 0 Å². The quantitative estimate of drug-likeness (QED) is 0.800. The highest BCUT2D eigenvalue weighted by Gasteiger charge is 2.14. The molecule has 0 aliphatic heterocycles. The third kappa shape index (κ3) is 2.90. The molecule has 4 heteroatoms. The standard InChI is InChI=1S/C14H18O4/c1-10-4-3-5-11-8-13(18-14(10)11)12(15)9-17-7-6-16-2/h3-5,8,12,15H,6-7,9H2,1-2H3. The summed E-state index contributed by atoms with van der Waals surface area (Å²) in [4.78, 5) is 0. The van der Waals surface area contributed by atoms with E-state index in [0.29, 0.717) is 19.0 Å². The van der Waals surface area contributed by atoms with Crippen LogP contribution in [0.3, 0.4) is 0 Å². The fraction of sp³-hybridized carbons (Fsp3) is 0.429. The Morgan fingerprint density at radius 1 is 1.33 bits per heavy atom. The molecule has 0 saturated carbocycles. The van der Waals surface area contributed by atoms with Gasteiger partial charge in [-0.2, -0.15) is 0 Å². The molecule has 0 aliphatic rings. The second kappa shape index (κ2) is 6.00. The monoisotopic (exact) mass is 250 g/mol. The first-order valence-electron chi connectivity index (χ1n) is 5.96. The van der Waals surface area contributed by atoms with Crippen molar-refractivity contribution in [3.05, 3.63) is 35.6 Å². The maximum Gasteiger partial charge on any atom is 0.137 e. The zero-order valence-corrected chi connectivity index (χ0v) is 10.7. The van der Waals surface area contributed by atoms with Gasteiger partial charge < -0.3 is 19.0 Å². The second-order valence-electron chi connectivity index (χ2n) is 4.23. The van der Waals surface area contributed by atoms with Crippen LogP contribution in [0.5, 0.6) is 0 Å². The van der Waals surface area contributed by atoms with E-state index in [1.165, 1.54) is 0 Å². The van der Waals surface area contributed by atoms with E-state index in [4.69, 9.17) is 13.9 Å². The van der Waals surface area contributed by atoms with Gasteiger partial charge in [0.05, 0.1) is 19.8 Å². The van der Waals surface area contributed by atoms with E-state index < -0.39 is 6.10 Å². The summed E-state index contributed by atoms with van der Waals surface area (Å²) in [5.74, 6) is 0.539. The zero-order chi connectivity index (χ0) is 13.0. The first-order chi connectivity index (χ1) is 8.72. The summed E-state index contributed by atoms with van der Waals surface area (Å²) in [6.45, 7) is 3.18. The van der Waals surface area contributed by atoms with Gasteiger partial charge >= 0.3 is 0 Å². The van der Waals surface area contributed by atoms with Crippen LogP contribution in [0.1, 0.15) is 17.4 Å². The molecule has 2 aromatic rings. The summed E-state index contributed by atoms with van der Waals surface area (Å²) < 4.78 is 15.8. The number of rotatable bonds is 6. The molecule has 2 rings (SSSR count). The summed E-state index contributed by atoms with van der Waals surface area (Å²) in [5, 5.41) is 11.0. The van der Waals surface area contributed by atoms with Gasteiger partial charge in [-0.3, -0.25) is 0 Å². The maximum atomic E-state index is 9.95. The molecule has 1 aromatic carbocycles. The highest BCUT2D eigenvalue weighted by atomic mass is 16.5.